The van der Waals surface area contributed by atoms with Crippen LogP contribution in [0.3, 0.4) is 0 Å². The second-order valence-electron chi connectivity index (χ2n) is 15.8. The first-order valence-electron chi connectivity index (χ1n) is 19.0. The Morgan fingerprint density at radius 1 is 1.07 bits per heavy atom. The van der Waals surface area contributed by atoms with E-state index >= 15 is 4.39 Å². The van der Waals surface area contributed by atoms with Crippen LogP contribution in [0.25, 0.3) is 10.4 Å². The number of likely N-dealkylation sites (tertiary alicyclic amines) is 1. The number of aliphatic hydroxyl groups excluding tert-OH is 1. The summed E-state index contributed by atoms with van der Waals surface area (Å²) in [5.74, 6) is -1.90. The summed E-state index contributed by atoms with van der Waals surface area (Å²) < 4.78 is 20.9. The number of halogens is 1. The fourth-order valence-electron chi connectivity index (χ4n) is 6.73. The average molecular weight is 781 g/mol. The Morgan fingerprint density at radius 3 is 2.42 bits per heavy atom. The molecule has 4 amide bonds. The first kappa shape index (κ1) is 43.3. The molecular formula is C41H57FN6O6S. The summed E-state index contributed by atoms with van der Waals surface area (Å²) in [5, 5.41) is 16.5. The van der Waals surface area contributed by atoms with E-state index in [2.05, 4.69) is 15.6 Å². The maximum absolute atomic E-state index is 15.2. The molecule has 3 aromatic rings. The number of thiazole rings is 1. The summed E-state index contributed by atoms with van der Waals surface area (Å²) in [6.45, 7) is 11.3. The van der Waals surface area contributed by atoms with Crippen LogP contribution in [-0.4, -0.2) is 76.0 Å². The summed E-state index contributed by atoms with van der Waals surface area (Å²) in [4.78, 5) is 58.6. The van der Waals surface area contributed by atoms with Crippen molar-refractivity contribution in [3.05, 3.63) is 70.1 Å². The van der Waals surface area contributed by atoms with Gasteiger partial charge in [0.1, 0.15) is 18.7 Å². The predicted molar refractivity (Wildman–Crippen MR) is 212 cm³/mol. The molecule has 55 heavy (non-hydrogen) atoms. The van der Waals surface area contributed by atoms with Crippen LogP contribution in [0.4, 0.5) is 4.39 Å². The Hall–Kier alpha value is -4.40. The van der Waals surface area contributed by atoms with E-state index < -0.39 is 47.3 Å². The topological polar surface area (TPSA) is 190 Å². The van der Waals surface area contributed by atoms with E-state index in [0.717, 1.165) is 27.3 Å². The maximum Gasteiger partial charge on any atom is 0.246 e. The van der Waals surface area contributed by atoms with Crippen LogP contribution in [-0.2, 0) is 25.6 Å². The number of benzene rings is 2. The van der Waals surface area contributed by atoms with E-state index in [4.69, 9.17) is 16.2 Å². The summed E-state index contributed by atoms with van der Waals surface area (Å²) in [6.07, 6.45) is 2.11. The van der Waals surface area contributed by atoms with Gasteiger partial charge in [-0.3, -0.25) is 19.2 Å². The number of hydrogen-bond acceptors (Lipinski definition) is 9. The van der Waals surface area contributed by atoms with Gasteiger partial charge < -0.3 is 36.8 Å². The number of carbonyl (C=O) groups is 4. The second kappa shape index (κ2) is 19.5. The van der Waals surface area contributed by atoms with Crippen LogP contribution in [0, 0.1) is 25.1 Å². The minimum Gasteiger partial charge on any atom is -0.489 e. The van der Waals surface area contributed by atoms with Gasteiger partial charge in [0.2, 0.25) is 23.6 Å². The second-order valence-corrected chi connectivity index (χ2v) is 16.6. The number of nitrogens with zero attached hydrogens (tertiary/aromatic N) is 2. The zero-order chi connectivity index (χ0) is 40.4. The van der Waals surface area contributed by atoms with Crippen molar-refractivity contribution < 1.29 is 33.4 Å². The van der Waals surface area contributed by atoms with Gasteiger partial charge in [-0.05, 0) is 80.2 Å². The lowest BCUT2D eigenvalue weighted by atomic mass is 9.85. The molecule has 0 spiro atoms. The summed E-state index contributed by atoms with van der Waals surface area (Å²) in [7, 11) is 0. The van der Waals surface area contributed by atoms with Gasteiger partial charge in [0, 0.05) is 31.8 Å². The Kier molecular flexibility index (Phi) is 15.3. The van der Waals surface area contributed by atoms with Crippen LogP contribution in [0.5, 0.6) is 5.75 Å². The monoisotopic (exact) mass is 780 g/mol. The number of rotatable bonds is 18. The Bertz CT molecular complexity index is 1790. The molecule has 0 saturated carbocycles. The highest BCUT2D eigenvalue weighted by Crippen LogP contribution is 2.30. The van der Waals surface area contributed by atoms with E-state index in [9.17, 15) is 24.3 Å². The van der Waals surface area contributed by atoms with Gasteiger partial charge in [0.25, 0.3) is 0 Å². The molecule has 1 aliphatic heterocycles. The largest absolute Gasteiger partial charge is 0.489 e. The number of aryl methyl sites for hydroxylation is 3. The van der Waals surface area contributed by atoms with Crippen LogP contribution < -0.4 is 26.8 Å². The minimum atomic E-state index is -0.926. The number of β-amino-alcohol motifs (C(OH)–C–C–N with tert-alkyl or cyclic N) is 1. The molecule has 0 bridgehead atoms. The van der Waals surface area contributed by atoms with Crippen molar-refractivity contribution in [1.29, 1.82) is 0 Å². The van der Waals surface area contributed by atoms with Gasteiger partial charge in [0.15, 0.2) is 11.6 Å². The van der Waals surface area contributed by atoms with Gasteiger partial charge in [-0.1, -0.05) is 57.5 Å². The number of carbonyl (C=O) groups excluding carboxylic acids is 4. The molecule has 14 heteroatoms. The highest BCUT2D eigenvalue weighted by Gasteiger charge is 2.44. The standard InChI is InChI=1S/C41H57FN6O6S/c1-24-18-29(36(42)33(19-24)54-22-30(43)16-17-34(44)50)10-8-7-9-11-35(51)47-38(41(4,5)6)40(53)48-21-31(49)20-32(48)39(52)46-25(2)27-12-14-28(15-13-27)37-26(3)45-23-55-37/h12-15,18-19,23,25,30-32,38,49H,7-11,16-17,20-22,43H2,1-6H3,(H2,44,50)(H,46,52)(H,47,51)/t25-,30-,31?,32-,38+/m0/s1. The van der Waals surface area contributed by atoms with E-state index in [-0.39, 0.29) is 56.0 Å². The smallest absolute Gasteiger partial charge is 0.246 e. The maximum atomic E-state index is 15.2. The number of nitrogens with one attached hydrogen (secondary N) is 2. The number of hydrogen-bond donors (Lipinski definition) is 5. The fraction of sp³-hybridized carbons (Fsp3) is 0.537. The Labute approximate surface area is 327 Å². The van der Waals surface area contributed by atoms with E-state index in [0.29, 0.717) is 37.7 Å². The third kappa shape index (κ3) is 12.3. The third-order valence-corrected chi connectivity index (χ3v) is 10.9. The molecular weight excluding hydrogens is 724 g/mol. The number of primary amides is 1. The molecule has 1 saturated heterocycles. The molecule has 1 fully saturated rings. The molecule has 0 radical (unpaired) electrons. The van der Waals surface area contributed by atoms with Crippen LogP contribution in [0.15, 0.2) is 41.9 Å². The van der Waals surface area contributed by atoms with E-state index in [1.807, 2.05) is 71.3 Å². The molecule has 2 heterocycles. The van der Waals surface area contributed by atoms with Gasteiger partial charge in [-0.2, -0.15) is 0 Å². The molecule has 1 aliphatic rings. The molecule has 1 unspecified atom stereocenters. The number of ether oxygens (including phenoxy) is 1. The molecule has 5 atom stereocenters. The fourth-order valence-corrected chi connectivity index (χ4v) is 7.54. The van der Waals surface area contributed by atoms with Crippen molar-refractivity contribution in [2.75, 3.05) is 13.2 Å². The van der Waals surface area contributed by atoms with Crippen molar-refractivity contribution in [1.82, 2.24) is 20.5 Å². The molecule has 300 valence electrons. The first-order chi connectivity index (χ1) is 25.9. The lowest BCUT2D eigenvalue weighted by Gasteiger charge is -2.35. The quantitative estimate of drug-likeness (QED) is 0.111. The molecule has 7 N–H and O–H groups in total. The van der Waals surface area contributed by atoms with Crippen LogP contribution >= 0.6 is 11.3 Å². The lowest BCUT2D eigenvalue weighted by molar-refractivity contribution is -0.144. The van der Waals surface area contributed by atoms with Gasteiger partial charge in [0.05, 0.1) is 28.2 Å². The Balaban J connectivity index is 1.29. The van der Waals surface area contributed by atoms with E-state index in [1.54, 1.807) is 23.5 Å². The SMILES string of the molecule is Cc1cc(CCCCCC(=O)N[C@H](C(=O)N2CC(O)C[C@H]2C(=O)N[C@@H](C)c2ccc(-c3scnc3C)cc2)C(C)(C)C)c(F)c(OC[C@@H](N)CCC(N)=O)c1. The lowest BCUT2D eigenvalue weighted by Crippen LogP contribution is -2.57. The minimum absolute atomic E-state index is 0.0129. The zero-order valence-corrected chi connectivity index (χ0v) is 33.6. The third-order valence-electron chi connectivity index (χ3n) is 9.88. The highest BCUT2D eigenvalue weighted by atomic mass is 32.1. The number of aromatic nitrogens is 1. The number of amides is 4. The van der Waals surface area contributed by atoms with Crippen LogP contribution in [0.1, 0.15) is 101 Å². The predicted octanol–water partition coefficient (Wildman–Crippen LogP) is 5.01. The van der Waals surface area contributed by atoms with Gasteiger partial charge in [-0.25, -0.2) is 9.37 Å². The average Bonchev–Trinajstić information content (AvgIpc) is 3.74. The molecule has 2 aromatic carbocycles. The van der Waals surface area contributed by atoms with Crippen molar-refractivity contribution in [3.63, 3.8) is 0 Å². The van der Waals surface area contributed by atoms with Crippen molar-refractivity contribution in [3.8, 4) is 16.2 Å². The van der Waals surface area contributed by atoms with Gasteiger partial charge >= 0.3 is 0 Å². The summed E-state index contributed by atoms with van der Waals surface area (Å²) in [6, 6.07) is 8.67. The Morgan fingerprint density at radius 2 is 1.78 bits per heavy atom. The summed E-state index contributed by atoms with van der Waals surface area (Å²) >= 11 is 1.57. The van der Waals surface area contributed by atoms with Crippen LogP contribution in [0.2, 0.25) is 0 Å². The number of aliphatic hydroxyl groups is 1. The number of nitrogens with two attached hydrogens (primary N) is 2. The first-order valence-corrected chi connectivity index (χ1v) is 19.9. The van der Waals surface area contributed by atoms with Crippen molar-refractivity contribution >= 4 is 35.0 Å². The molecule has 4 rings (SSSR count). The molecule has 0 aliphatic carbocycles. The zero-order valence-electron chi connectivity index (χ0n) is 32.8. The normalized spacial score (nSPS) is 17.4. The van der Waals surface area contributed by atoms with E-state index in [1.165, 1.54) is 4.90 Å². The molecule has 1 aromatic heterocycles. The highest BCUT2D eigenvalue weighted by molar-refractivity contribution is 7.13. The van der Waals surface area contributed by atoms with Crippen molar-refractivity contribution in [2.45, 2.75) is 123 Å². The van der Waals surface area contributed by atoms with Crippen molar-refractivity contribution in [2.24, 2.45) is 16.9 Å². The van der Waals surface area contributed by atoms with Gasteiger partial charge in [-0.15, -0.1) is 11.3 Å². The molecule has 12 nitrogen and oxygen atoms in total. The number of unbranched alkanes of at least 4 members (excludes halogenated alkanes) is 2. The summed E-state index contributed by atoms with van der Waals surface area (Å²) in [5.41, 5.74) is 16.5.